The maximum absolute atomic E-state index is 6.05. The zero-order chi connectivity index (χ0) is 11.8. The van der Waals surface area contributed by atoms with Gasteiger partial charge in [-0.05, 0) is 19.8 Å². The molecule has 1 aromatic heterocycles. The molecule has 1 atom stereocenters. The molecule has 17 heavy (non-hydrogen) atoms. The maximum atomic E-state index is 6.05. The van der Waals surface area contributed by atoms with Gasteiger partial charge in [-0.15, -0.1) is 11.3 Å². The molecule has 0 radical (unpaired) electrons. The van der Waals surface area contributed by atoms with Gasteiger partial charge >= 0.3 is 0 Å². The fourth-order valence-electron chi connectivity index (χ4n) is 2.86. The van der Waals surface area contributed by atoms with Gasteiger partial charge in [-0.1, -0.05) is 12.8 Å². The van der Waals surface area contributed by atoms with Crippen LogP contribution in [0.3, 0.4) is 0 Å². The Bertz CT molecular complexity index is 433. The van der Waals surface area contributed by atoms with E-state index >= 15 is 0 Å². The summed E-state index contributed by atoms with van der Waals surface area (Å²) in [5, 5.41) is 3.27. The molecule has 2 aliphatic rings. The molecule has 0 saturated heterocycles. The van der Waals surface area contributed by atoms with Crippen molar-refractivity contribution in [3.63, 3.8) is 0 Å². The Morgan fingerprint density at radius 3 is 2.82 bits per heavy atom. The first kappa shape index (κ1) is 11.0. The Balaban J connectivity index is 1.85. The highest BCUT2D eigenvalue weighted by molar-refractivity contribution is 7.09. The maximum Gasteiger partial charge on any atom is 0.192 e. The van der Waals surface area contributed by atoms with E-state index in [-0.39, 0.29) is 6.04 Å². The molecule has 3 rings (SSSR count). The van der Waals surface area contributed by atoms with Crippen LogP contribution in [0.25, 0.3) is 0 Å². The molecule has 0 bridgehead atoms. The van der Waals surface area contributed by atoms with E-state index in [4.69, 9.17) is 5.73 Å². The van der Waals surface area contributed by atoms with Crippen molar-refractivity contribution in [2.45, 2.75) is 44.7 Å². The van der Waals surface area contributed by atoms with Crippen LogP contribution in [0.4, 0.5) is 0 Å². The lowest BCUT2D eigenvalue weighted by Crippen LogP contribution is -2.42. The number of nitrogens with zero attached hydrogens (tertiary/aromatic N) is 3. The highest BCUT2D eigenvalue weighted by Crippen LogP contribution is 2.34. The van der Waals surface area contributed by atoms with Gasteiger partial charge in [-0.2, -0.15) is 0 Å². The predicted octanol–water partition coefficient (Wildman–Crippen LogP) is 2.07. The standard InChI is InChI=1S/C12H18N4S/c1-8-7-17-11(15-8)10-6-14-12(13)16(10)9-4-2-3-5-9/h7,9-10H,2-6H2,1H3,(H2,13,14). The third kappa shape index (κ3) is 1.92. The van der Waals surface area contributed by atoms with Crippen molar-refractivity contribution in [2.24, 2.45) is 10.7 Å². The van der Waals surface area contributed by atoms with Crippen molar-refractivity contribution in [1.29, 1.82) is 0 Å². The lowest BCUT2D eigenvalue weighted by atomic mass is 10.1. The van der Waals surface area contributed by atoms with Gasteiger partial charge in [0.25, 0.3) is 0 Å². The molecule has 0 amide bonds. The second kappa shape index (κ2) is 4.29. The summed E-state index contributed by atoms with van der Waals surface area (Å²) in [6.45, 7) is 2.81. The number of hydrogen-bond acceptors (Lipinski definition) is 5. The summed E-state index contributed by atoms with van der Waals surface area (Å²) in [4.78, 5) is 11.3. The van der Waals surface area contributed by atoms with Gasteiger partial charge in [0.05, 0.1) is 6.54 Å². The van der Waals surface area contributed by atoms with Gasteiger partial charge in [0.1, 0.15) is 11.0 Å². The number of thiazole rings is 1. The molecule has 0 aromatic carbocycles. The average Bonchev–Trinajstić information content (AvgIpc) is 2.97. The highest BCUT2D eigenvalue weighted by Gasteiger charge is 2.35. The number of guanidine groups is 1. The summed E-state index contributed by atoms with van der Waals surface area (Å²) < 4.78 is 0. The number of aliphatic imine (C=N–C) groups is 1. The fourth-order valence-corrected chi connectivity index (χ4v) is 3.74. The Morgan fingerprint density at radius 1 is 1.41 bits per heavy atom. The van der Waals surface area contributed by atoms with E-state index in [0.717, 1.165) is 18.2 Å². The smallest absolute Gasteiger partial charge is 0.192 e. The minimum atomic E-state index is 0.289. The van der Waals surface area contributed by atoms with E-state index in [9.17, 15) is 0 Å². The van der Waals surface area contributed by atoms with Gasteiger partial charge < -0.3 is 10.6 Å². The number of hydrogen-bond donors (Lipinski definition) is 1. The Labute approximate surface area is 106 Å². The largest absolute Gasteiger partial charge is 0.370 e. The topological polar surface area (TPSA) is 54.5 Å². The normalized spacial score (nSPS) is 25.6. The molecular weight excluding hydrogens is 232 g/mol. The Hall–Kier alpha value is -1.10. The van der Waals surface area contributed by atoms with Crippen molar-refractivity contribution in [2.75, 3.05) is 6.54 Å². The summed E-state index contributed by atoms with van der Waals surface area (Å²) in [7, 11) is 0. The number of nitrogens with two attached hydrogens (primary N) is 1. The van der Waals surface area contributed by atoms with E-state index in [1.54, 1.807) is 11.3 Å². The SMILES string of the molecule is Cc1csc(C2CN=C(N)N2C2CCCC2)n1. The molecule has 2 heterocycles. The third-order valence-corrected chi connectivity index (χ3v) is 4.73. The first-order valence-corrected chi connectivity index (χ1v) is 7.14. The zero-order valence-electron chi connectivity index (χ0n) is 10.1. The molecule has 1 aliphatic carbocycles. The monoisotopic (exact) mass is 250 g/mol. The van der Waals surface area contributed by atoms with Gasteiger partial charge in [-0.3, -0.25) is 4.99 Å². The first-order valence-electron chi connectivity index (χ1n) is 6.26. The van der Waals surface area contributed by atoms with E-state index in [1.807, 2.05) is 6.92 Å². The van der Waals surface area contributed by atoms with Gasteiger partial charge in [0, 0.05) is 17.1 Å². The zero-order valence-corrected chi connectivity index (χ0v) is 10.9. The number of rotatable bonds is 2. The van der Waals surface area contributed by atoms with Crippen molar-refractivity contribution >= 4 is 17.3 Å². The quantitative estimate of drug-likeness (QED) is 0.874. The van der Waals surface area contributed by atoms with Crippen LogP contribution in [0.5, 0.6) is 0 Å². The van der Waals surface area contributed by atoms with Crippen LogP contribution in [0, 0.1) is 6.92 Å². The van der Waals surface area contributed by atoms with Gasteiger partial charge in [0.2, 0.25) is 0 Å². The fraction of sp³-hybridized carbons (Fsp3) is 0.667. The molecule has 92 valence electrons. The van der Waals surface area contributed by atoms with Crippen LogP contribution in [0.15, 0.2) is 10.4 Å². The Kier molecular flexibility index (Phi) is 2.78. The minimum absolute atomic E-state index is 0.289. The molecule has 1 unspecified atom stereocenters. The van der Waals surface area contributed by atoms with Crippen molar-refractivity contribution in [3.05, 3.63) is 16.1 Å². The molecule has 1 aliphatic heterocycles. The number of aromatic nitrogens is 1. The summed E-state index contributed by atoms with van der Waals surface area (Å²) in [6.07, 6.45) is 5.13. The van der Waals surface area contributed by atoms with E-state index in [0.29, 0.717) is 6.04 Å². The van der Waals surface area contributed by atoms with Crippen LogP contribution in [-0.4, -0.2) is 28.4 Å². The van der Waals surface area contributed by atoms with E-state index in [1.165, 1.54) is 30.7 Å². The first-order chi connectivity index (χ1) is 8.25. The van der Waals surface area contributed by atoms with Crippen molar-refractivity contribution in [1.82, 2.24) is 9.88 Å². The lowest BCUT2D eigenvalue weighted by Gasteiger charge is -2.30. The van der Waals surface area contributed by atoms with Crippen LogP contribution >= 0.6 is 11.3 Å². The lowest BCUT2D eigenvalue weighted by molar-refractivity contribution is 0.261. The molecule has 1 aromatic rings. The van der Waals surface area contributed by atoms with E-state index in [2.05, 4.69) is 20.3 Å². The highest BCUT2D eigenvalue weighted by atomic mass is 32.1. The molecule has 1 fully saturated rings. The molecule has 2 N–H and O–H groups in total. The third-order valence-electron chi connectivity index (χ3n) is 3.67. The van der Waals surface area contributed by atoms with Crippen LogP contribution < -0.4 is 5.73 Å². The van der Waals surface area contributed by atoms with Crippen molar-refractivity contribution in [3.8, 4) is 0 Å². The molecule has 1 saturated carbocycles. The van der Waals surface area contributed by atoms with Crippen LogP contribution in [-0.2, 0) is 0 Å². The summed E-state index contributed by atoms with van der Waals surface area (Å²) in [6, 6.07) is 0.868. The van der Waals surface area contributed by atoms with E-state index < -0.39 is 0 Å². The summed E-state index contributed by atoms with van der Waals surface area (Å²) in [5.41, 5.74) is 7.15. The second-order valence-electron chi connectivity index (χ2n) is 4.89. The summed E-state index contributed by atoms with van der Waals surface area (Å²) in [5.74, 6) is 0.717. The van der Waals surface area contributed by atoms with Crippen LogP contribution in [0.1, 0.15) is 42.4 Å². The molecule has 0 spiro atoms. The Morgan fingerprint density at radius 2 is 2.18 bits per heavy atom. The molecule has 4 nitrogen and oxygen atoms in total. The predicted molar refractivity (Wildman–Crippen MR) is 70.2 cm³/mol. The average molecular weight is 250 g/mol. The van der Waals surface area contributed by atoms with Gasteiger partial charge in [-0.25, -0.2) is 4.98 Å². The van der Waals surface area contributed by atoms with Crippen molar-refractivity contribution < 1.29 is 0 Å². The summed E-state index contributed by atoms with van der Waals surface area (Å²) >= 11 is 1.73. The second-order valence-corrected chi connectivity index (χ2v) is 5.78. The minimum Gasteiger partial charge on any atom is -0.370 e. The van der Waals surface area contributed by atoms with Crippen LogP contribution in [0.2, 0.25) is 0 Å². The molecule has 5 heteroatoms. The van der Waals surface area contributed by atoms with Gasteiger partial charge in [0.15, 0.2) is 5.96 Å². The number of aryl methyl sites for hydroxylation is 1. The molecular formula is C12H18N4S.